The average molecular weight is 334 g/mol. The van der Waals surface area contributed by atoms with E-state index < -0.39 is 0 Å². The number of aliphatic imine (C=N–C) groups is 1. The highest BCUT2D eigenvalue weighted by Gasteiger charge is 2.73. The van der Waals surface area contributed by atoms with Gasteiger partial charge >= 0.3 is 5.97 Å². The SMILES string of the molecule is C/C=C1/CN2[C@H]3C[C@@H]1C1[C@@H](OC(C)=O)[C@@]4(C[C@@H]12)C3=Nc1ccccc14. The molecule has 1 aromatic rings. The molecule has 7 atom stereocenters. The van der Waals surface area contributed by atoms with Crippen LogP contribution in [0.1, 0.15) is 32.3 Å². The first-order valence-corrected chi connectivity index (χ1v) is 9.42. The highest BCUT2D eigenvalue weighted by Crippen LogP contribution is 2.66. The maximum atomic E-state index is 12.0. The van der Waals surface area contributed by atoms with Crippen LogP contribution in [0.3, 0.4) is 0 Å². The first kappa shape index (κ1) is 14.3. The number of ether oxygens (including phenoxy) is 1. The molecule has 1 saturated carbocycles. The van der Waals surface area contributed by atoms with E-state index in [1.54, 1.807) is 6.92 Å². The smallest absolute Gasteiger partial charge is 0.302 e. The number of fused-ring (bicyclic) bond motifs is 2. The molecule has 1 aliphatic carbocycles. The number of rotatable bonds is 1. The van der Waals surface area contributed by atoms with Gasteiger partial charge in [-0.05, 0) is 37.3 Å². The largest absolute Gasteiger partial charge is 0.461 e. The molecule has 4 saturated heterocycles. The van der Waals surface area contributed by atoms with E-state index in [4.69, 9.17) is 9.73 Å². The average Bonchev–Trinajstić information content (AvgIpc) is 3.09. The van der Waals surface area contributed by atoms with Crippen molar-refractivity contribution in [1.82, 2.24) is 4.90 Å². The number of benzene rings is 1. The number of esters is 1. The number of piperidine rings is 4. The molecule has 25 heavy (non-hydrogen) atoms. The summed E-state index contributed by atoms with van der Waals surface area (Å²) in [6.45, 7) is 4.77. The Hall–Kier alpha value is -1.94. The van der Waals surface area contributed by atoms with Crippen LogP contribution in [0.15, 0.2) is 40.9 Å². The molecule has 5 heterocycles. The number of hydrogen-bond donors (Lipinski definition) is 0. The van der Waals surface area contributed by atoms with Crippen LogP contribution >= 0.6 is 0 Å². The second kappa shape index (κ2) is 4.42. The minimum atomic E-state index is -0.184. The van der Waals surface area contributed by atoms with Crippen molar-refractivity contribution in [2.24, 2.45) is 16.8 Å². The van der Waals surface area contributed by atoms with E-state index in [0.29, 0.717) is 23.9 Å². The van der Waals surface area contributed by atoms with Crippen LogP contribution in [0.2, 0.25) is 0 Å². The monoisotopic (exact) mass is 334 g/mol. The Balaban J connectivity index is 1.62. The number of hydrogen-bond acceptors (Lipinski definition) is 4. The van der Waals surface area contributed by atoms with E-state index >= 15 is 0 Å². The molecule has 1 spiro atoms. The molecule has 0 radical (unpaired) electrons. The summed E-state index contributed by atoms with van der Waals surface area (Å²) < 4.78 is 6.09. The number of carbonyl (C=O) groups excluding carboxylic acids is 1. The Morgan fingerprint density at radius 1 is 1.40 bits per heavy atom. The third-order valence-corrected chi connectivity index (χ3v) is 7.48. The molecule has 6 aliphatic rings. The Kier molecular flexibility index (Phi) is 2.52. The third kappa shape index (κ3) is 1.46. The fourth-order valence-electron chi connectivity index (χ4n) is 6.78. The van der Waals surface area contributed by atoms with Crippen LogP contribution in [0.4, 0.5) is 5.69 Å². The van der Waals surface area contributed by atoms with Gasteiger partial charge in [-0.1, -0.05) is 29.8 Å². The lowest BCUT2D eigenvalue weighted by atomic mass is 9.66. The molecule has 4 heteroatoms. The van der Waals surface area contributed by atoms with Crippen molar-refractivity contribution in [3.63, 3.8) is 0 Å². The van der Waals surface area contributed by atoms with Gasteiger partial charge in [-0.25, -0.2) is 0 Å². The second-order valence-electron chi connectivity index (χ2n) is 8.26. The van der Waals surface area contributed by atoms with Crippen molar-refractivity contribution in [2.45, 2.75) is 50.3 Å². The Bertz CT molecular complexity index is 872. The summed E-state index contributed by atoms with van der Waals surface area (Å²) >= 11 is 0. The van der Waals surface area contributed by atoms with Gasteiger partial charge < -0.3 is 4.74 Å². The molecular formula is C21H22N2O2. The first-order valence-electron chi connectivity index (χ1n) is 9.42. The van der Waals surface area contributed by atoms with Crippen LogP contribution in [-0.2, 0) is 14.9 Å². The fraction of sp³-hybridized carbons (Fsp3) is 0.524. The van der Waals surface area contributed by atoms with Gasteiger partial charge in [0.05, 0.1) is 22.9 Å². The Morgan fingerprint density at radius 2 is 2.24 bits per heavy atom. The highest BCUT2D eigenvalue weighted by atomic mass is 16.5. The lowest BCUT2D eigenvalue weighted by Crippen LogP contribution is -2.64. The predicted molar refractivity (Wildman–Crippen MR) is 95.0 cm³/mol. The zero-order chi connectivity index (χ0) is 16.9. The molecule has 5 aliphatic heterocycles. The number of para-hydroxylation sites is 1. The van der Waals surface area contributed by atoms with E-state index in [9.17, 15) is 4.79 Å². The maximum Gasteiger partial charge on any atom is 0.302 e. The van der Waals surface area contributed by atoms with E-state index in [0.717, 1.165) is 25.1 Å². The standard InChI is InChI=1S/C21H22N2O2/c1-3-12-10-23-16-8-13(12)18-17(23)9-21(20(18)25-11(2)24)14-6-4-5-7-15(14)22-19(16)21/h3-7,13,16-18,20H,8-10H2,1-2H3/b12-3-/t13-,16-,17-,18?,20+,21+/m0/s1. The predicted octanol–water partition coefficient (Wildman–Crippen LogP) is 2.99. The summed E-state index contributed by atoms with van der Waals surface area (Å²) in [6, 6.07) is 9.42. The molecule has 0 aromatic heterocycles. The minimum Gasteiger partial charge on any atom is -0.461 e. The number of carbonyl (C=O) groups is 1. The van der Waals surface area contributed by atoms with Crippen molar-refractivity contribution in [3.05, 3.63) is 41.5 Å². The summed E-state index contributed by atoms with van der Waals surface area (Å²) in [6.07, 6.45) is 4.40. The number of allylic oxidation sites excluding steroid dienone is 1. The van der Waals surface area contributed by atoms with Crippen LogP contribution in [0, 0.1) is 11.8 Å². The van der Waals surface area contributed by atoms with Crippen molar-refractivity contribution in [2.75, 3.05) is 6.54 Å². The van der Waals surface area contributed by atoms with Crippen LogP contribution in [0.5, 0.6) is 0 Å². The molecular weight excluding hydrogens is 312 g/mol. The van der Waals surface area contributed by atoms with Crippen molar-refractivity contribution >= 4 is 17.4 Å². The quantitative estimate of drug-likeness (QED) is 0.586. The fourth-order valence-corrected chi connectivity index (χ4v) is 6.78. The summed E-state index contributed by atoms with van der Waals surface area (Å²) in [4.78, 5) is 19.8. The lowest BCUT2D eigenvalue weighted by Gasteiger charge is -2.55. The van der Waals surface area contributed by atoms with Gasteiger partial charge in [-0.15, -0.1) is 0 Å². The molecule has 2 unspecified atom stereocenters. The zero-order valence-corrected chi connectivity index (χ0v) is 14.6. The van der Waals surface area contributed by atoms with Crippen molar-refractivity contribution in [3.8, 4) is 0 Å². The molecule has 7 rings (SSSR count). The first-order chi connectivity index (χ1) is 12.1. The molecule has 5 bridgehead atoms. The topological polar surface area (TPSA) is 41.9 Å². The van der Waals surface area contributed by atoms with E-state index in [-0.39, 0.29) is 17.5 Å². The highest BCUT2D eigenvalue weighted by molar-refractivity contribution is 6.08. The van der Waals surface area contributed by atoms with Crippen LogP contribution in [-0.4, -0.2) is 41.3 Å². The van der Waals surface area contributed by atoms with Gasteiger partial charge in [0.1, 0.15) is 6.10 Å². The molecule has 4 nitrogen and oxygen atoms in total. The molecule has 0 N–H and O–H groups in total. The summed E-state index contributed by atoms with van der Waals surface area (Å²) in [5.74, 6) is 0.778. The number of nitrogens with zero attached hydrogens (tertiary/aromatic N) is 2. The van der Waals surface area contributed by atoms with Gasteiger partial charge in [0, 0.05) is 25.4 Å². The van der Waals surface area contributed by atoms with Crippen molar-refractivity contribution < 1.29 is 9.53 Å². The second-order valence-corrected chi connectivity index (χ2v) is 8.26. The maximum absolute atomic E-state index is 12.0. The van der Waals surface area contributed by atoms with E-state index in [1.807, 2.05) is 0 Å². The summed E-state index contributed by atoms with van der Waals surface area (Å²) in [7, 11) is 0. The van der Waals surface area contributed by atoms with E-state index in [2.05, 4.69) is 42.2 Å². The zero-order valence-electron chi connectivity index (χ0n) is 14.6. The van der Waals surface area contributed by atoms with Gasteiger partial charge in [0.15, 0.2) is 0 Å². The summed E-state index contributed by atoms with van der Waals surface area (Å²) in [5, 5.41) is 0. The Morgan fingerprint density at radius 3 is 3.04 bits per heavy atom. The van der Waals surface area contributed by atoms with Gasteiger partial charge in [0.2, 0.25) is 0 Å². The summed E-state index contributed by atoms with van der Waals surface area (Å²) in [5.41, 5.74) is 5.00. The van der Waals surface area contributed by atoms with Gasteiger partial charge in [-0.3, -0.25) is 14.7 Å². The third-order valence-electron chi connectivity index (χ3n) is 7.48. The van der Waals surface area contributed by atoms with Gasteiger partial charge in [0.25, 0.3) is 0 Å². The normalized spacial score (nSPS) is 46.2. The molecule has 1 aromatic carbocycles. The molecule has 0 amide bonds. The van der Waals surface area contributed by atoms with Crippen molar-refractivity contribution in [1.29, 1.82) is 0 Å². The lowest BCUT2D eigenvalue weighted by molar-refractivity contribution is -0.152. The molecule has 5 fully saturated rings. The van der Waals surface area contributed by atoms with Crippen LogP contribution in [0.25, 0.3) is 0 Å². The molecule has 128 valence electrons. The van der Waals surface area contributed by atoms with Crippen LogP contribution < -0.4 is 0 Å². The van der Waals surface area contributed by atoms with E-state index in [1.165, 1.54) is 16.8 Å². The minimum absolute atomic E-state index is 0.0763. The Labute approximate surface area is 147 Å². The van der Waals surface area contributed by atoms with Gasteiger partial charge in [-0.2, -0.15) is 0 Å².